The Bertz CT molecular complexity index is 1190. The minimum absolute atomic E-state index is 0.592. The van der Waals surface area contributed by atoms with Crippen LogP contribution >= 0.6 is 0 Å². The van der Waals surface area contributed by atoms with Crippen LogP contribution < -0.4 is 4.57 Å². The molecule has 0 saturated heterocycles. The second kappa shape index (κ2) is 7.65. The summed E-state index contributed by atoms with van der Waals surface area (Å²) in [5, 5.41) is 0. The first-order valence-electron chi connectivity index (χ1n) is 8.91. The van der Waals surface area contributed by atoms with E-state index in [1.54, 1.807) is 0 Å². The van der Waals surface area contributed by atoms with Gasteiger partial charge in [-0.15, -0.1) is 0 Å². The maximum atomic E-state index is 3.34. The van der Waals surface area contributed by atoms with Crippen molar-refractivity contribution in [3.8, 4) is 23.7 Å². The van der Waals surface area contributed by atoms with Gasteiger partial charge in [0, 0.05) is 17.0 Å². The van der Waals surface area contributed by atoms with Crippen molar-refractivity contribution >= 4 is 11.0 Å². The number of benzene rings is 3. The van der Waals surface area contributed by atoms with Crippen molar-refractivity contribution in [3.05, 3.63) is 102 Å². The van der Waals surface area contributed by atoms with Crippen LogP contribution in [0.5, 0.6) is 0 Å². The van der Waals surface area contributed by atoms with Crippen molar-refractivity contribution in [2.45, 2.75) is 6.54 Å². The fourth-order valence-corrected chi connectivity index (χ4v) is 3.09. The molecule has 0 radical (unpaired) electrons. The van der Waals surface area contributed by atoms with Crippen LogP contribution in [0.1, 0.15) is 17.0 Å². The number of hydrogen-bond donors (Lipinski definition) is 0. The Morgan fingerprint density at radius 1 is 0.704 bits per heavy atom. The lowest BCUT2D eigenvalue weighted by Crippen LogP contribution is -2.31. The second-order valence-electron chi connectivity index (χ2n) is 6.24. The first-order valence-corrected chi connectivity index (χ1v) is 8.91. The molecule has 0 spiro atoms. The van der Waals surface area contributed by atoms with Crippen LogP contribution in [0, 0.1) is 23.7 Å². The van der Waals surface area contributed by atoms with Gasteiger partial charge in [0.25, 0.3) is 0 Å². The van der Waals surface area contributed by atoms with Crippen LogP contribution in [0.25, 0.3) is 11.0 Å². The lowest BCUT2D eigenvalue weighted by molar-refractivity contribution is -0.648. The summed E-state index contributed by atoms with van der Waals surface area (Å²) in [5.74, 6) is 14.1. The fourth-order valence-electron chi connectivity index (χ4n) is 3.09. The number of aromatic nitrogens is 2. The predicted molar refractivity (Wildman–Crippen MR) is 109 cm³/mol. The van der Waals surface area contributed by atoms with Gasteiger partial charge in [-0.1, -0.05) is 66.3 Å². The van der Waals surface area contributed by atoms with E-state index in [0.29, 0.717) is 6.54 Å². The summed E-state index contributed by atoms with van der Waals surface area (Å²) in [5.41, 5.74) is 4.32. The molecular weight excluding hydrogens is 328 g/mol. The molecule has 0 saturated carbocycles. The number of nitrogens with zero attached hydrogens (tertiary/aromatic N) is 2. The van der Waals surface area contributed by atoms with Crippen molar-refractivity contribution < 1.29 is 4.57 Å². The third-order valence-electron chi connectivity index (χ3n) is 4.44. The third-order valence-corrected chi connectivity index (χ3v) is 4.44. The van der Waals surface area contributed by atoms with Crippen LogP contribution in [0.2, 0.25) is 0 Å². The highest BCUT2D eigenvalue weighted by Crippen LogP contribution is 2.13. The number of aryl methyl sites for hydroxylation is 1. The summed E-state index contributed by atoms with van der Waals surface area (Å²) in [6, 6.07) is 28.5. The van der Waals surface area contributed by atoms with Gasteiger partial charge in [-0.2, -0.15) is 0 Å². The summed E-state index contributed by atoms with van der Waals surface area (Å²) in [4.78, 5) is 0. The maximum Gasteiger partial charge on any atom is 0.337 e. The zero-order valence-electron chi connectivity index (χ0n) is 15.2. The van der Waals surface area contributed by atoms with Gasteiger partial charge >= 0.3 is 5.82 Å². The summed E-state index contributed by atoms with van der Waals surface area (Å²) >= 11 is 0. The topological polar surface area (TPSA) is 8.81 Å². The summed E-state index contributed by atoms with van der Waals surface area (Å²) in [6.45, 7) is 0.592. The second-order valence-corrected chi connectivity index (χ2v) is 6.24. The van der Waals surface area contributed by atoms with Gasteiger partial charge in [-0.25, -0.2) is 9.13 Å². The number of rotatable bonds is 1. The van der Waals surface area contributed by atoms with Crippen LogP contribution in [0.3, 0.4) is 0 Å². The molecule has 0 aliphatic carbocycles. The van der Waals surface area contributed by atoms with Crippen molar-refractivity contribution in [3.63, 3.8) is 0 Å². The van der Waals surface area contributed by atoms with Crippen LogP contribution in [-0.4, -0.2) is 4.57 Å². The molecule has 0 aliphatic heterocycles. The Hall–Kier alpha value is -3.75. The number of hydrogen-bond acceptors (Lipinski definition) is 0. The number of para-hydroxylation sites is 2. The molecule has 4 rings (SSSR count). The van der Waals surface area contributed by atoms with Gasteiger partial charge < -0.3 is 0 Å². The molecule has 0 N–H and O–H groups in total. The first-order chi connectivity index (χ1) is 13.3. The molecule has 0 bridgehead atoms. The molecule has 0 fully saturated rings. The Labute approximate surface area is 159 Å². The summed E-state index contributed by atoms with van der Waals surface area (Å²) in [6.07, 6.45) is 0. The molecule has 1 heterocycles. The van der Waals surface area contributed by atoms with Crippen LogP contribution in [-0.2, 0) is 13.6 Å². The highest BCUT2D eigenvalue weighted by atomic mass is 15.1. The van der Waals surface area contributed by atoms with E-state index in [1.165, 1.54) is 0 Å². The van der Waals surface area contributed by atoms with Crippen molar-refractivity contribution in [2.24, 2.45) is 7.05 Å². The van der Waals surface area contributed by atoms with Gasteiger partial charge in [-0.05, 0) is 36.4 Å². The largest absolute Gasteiger partial charge is 0.337 e. The van der Waals surface area contributed by atoms with Gasteiger partial charge in [0.05, 0.1) is 7.05 Å². The van der Waals surface area contributed by atoms with Gasteiger partial charge in [0.1, 0.15) is 0 Å². The minimum atomic E-state index is 0.592. The Kier molecular flexibility index (Phi) is 4.73. The van der Waals surface area contributed by atoms with E-state index in [0.717, 1.165) is 28.0 Å². The average Bonchev–Trinajstić information content (AvgIpc) is 3.00. The standard InChI is InChI=1S/C25H19N2/c1-26-23-16-8-9-17-24(23)27(20-10-15-21-11-4-2-5-12-21)25(26)19-18-22-13-6-3-7-14-22/h2-9,11-14,16-17H,20H2,1H3/q+1. The fraction of sp³-hybridized carbons (Fsp3) is 0.0800. The molecule has 4 aromatic rings. The minimum Gasteiger partial charge on any atom is -0.218 e. The summed E-state index contributed by atoms with van der Waals surface area (Å²) < 4.78 is 4.32. The number of fused-ring (bicyclic) bond motifs is 1. The monoisotopic (exact) mass is 347 g/mol. The SMILES string of the molecule is C[n+]1c(C#Cc2ccccc2)n(CC#Cc2ccccc2)c2ccccc21. The Morgan fingerprint density at radius 2 is 1.30 bits per heavy atom. The smallest absolute Gasteiger partial charge is 0.218 e. The highest BCUT2D eigenvalue weighted by Gasteiger charge is 2.19. The molecule has 0 atom stereocenters. The third kappa shape index (κ3) is 3.61. The van der Waals surface area contributed by atoms with Crippen LogP contribution in [0.15, 0.2) is 84.9 Å². The molecule has 3 aromatic carbocycles. The van der Waals surface area contributed by atoms with E-state index < -0.39 is 0 Å². The van der Waals surface area contributed by atoms with Crippen molar-refractivity contribution in [1.29, 1.82) is 0 Å². The quantitative estimate of drug-likeness (QED) is 0.365. The first kappa shape index (κ1) is 16.7. The van der Waals surface area contributed by atoms with Gasteiger partial charge in [0.2, 0.25) is 0 Å². The molecule has 2 heteroatoms. The van der Waals surface area contributed by atoms with E-state index in [1.807, 2.05) is 60.7 Å². The lowest BCUT2D eigenvalue weighted by atomic mass is 10.2. The van der Waals surface area contributed by atoms with Crippen molar-refractivity contribution in [1.82, 2.24) is 4.57 Å². The highest BCUT2D eigenvalue weighted by molar-refractivity contribution is 5.73. The van der Waals surface area contributed by atoms with Gasteiger partial charge in [0.15, 0.2) is 17.6 Å². The van der Waals surface area contributed by atoms with E-state index in [2.05, 4.69) is 64.1 Å². The Morgan fingerprint density at radius 3 is 2.00 bits per heavy atom. The molecule has 1 aromatic heterocycles. The molecule has 0 amide bonds. The summed E-state index contributed by atoms with van der Waals surface area (Å²) in [7, 11) is 2.05. The van der Waals surface area contributed by atoms with Crippen LogP contribution in [0.4, 0.5) is 0 Å². The lowest BCUT2D eigenvalue weighted by Gasteiger charge is -1.93. The van der Waals surface area contributed by atoms with Crippen molar-refractivity contribution in [2.75, 3.05) is 0 Å². The maximum absolute atomic E-state index is 3.34. The number of imidazole rings is 1. The van der Waals surface area contributed by atoms with E-state index in [9.17, 15) is 0 Å². The molecule has 27 heavy (non-hydrogen) atoms. The Balaban J connectivity index is 1.77. The normalized spacial score (nSPS) is 9.96. The zero-order chi connectivity index (χ0) is 18.5. The predicted octanol–water partition coefficient (Wildman–Crippen LogP) is 3.92. The molecule has 0 aliphatic rings. The van der Waals surface area contributed by atoms with E-state index in [4.69, 9.17) is 0 Å². The van der Waals surface area contributed by atoms with E-state index in [-0.39, 0.29) is 0 Å². The molecule has 0 unspecified atom stereocenters. The van der Waals surface area contributed by atoms with E-state index >= 15 is 0 Å². The average molecular weight is 347 g/mol. The molecule has 2 nitrogen and oxygen atoms in total. The van der Waals surface area contributed by atoms with Gasteiger partial charge in [-0.3, -0.25) is 0 Å². The molecular formula is C25H19N2+. The molecule has 128 valence electrons. The zero-order valence-corrected chi connectivity index (χ0v) is 15.2.